The Balaban J connectivity index is 1.57. The Morgan fingerprint density at radius 3 is 2.78 bits per heavy atom. The van der Waals surface area contributed by atoms with Gasteiger partial charge in [0, 0.05) is 44.7 Å². The van der Waals surface area contributed by atoms with Gasteiger partial charge in [-0.05, 0) is 43.2 Å². The van der Waals surface area contributed by atoms with Crippen LogP contribution in [0.1, 0.15) is 30.5 Å². The first-order chi connectivity index (χ1) is 18.2. The van der Waals surface area contributed by atoms with Gasteiger partial charge in [0.15, 0.2) is 11.3 Å². The molecule has 4 aromatic heterocycles. The zero-order chi connectivity index (χ0) is 24.5. The van der Waals surface area contributed by atoms with Crippen molar-refractivity contribution in [2.24, 2.45) is 5.92 Å². The first-order valence-electron chi connectivity index (χ1n) is 12.5. The lowest BCUT2D eigenvalue weighted by molar-refractivity contribution is 0.0847. The number of hydrogen-bond donors (Lipinski definition) is 2. The molecule has 1 aliphatic carbocycles. The summed E-state index contributed by atoms with van der Waals surface area (Å²) < 4.78 is 2.91. The zero-order valence-corrected chi connectivity index (χ0v) is 20.5. The number of thiophene rings is 1. The molecule has 180 valence electrons. The van der Waals surface area contributed by atoms with Crippen molar-refractivity contribution in [1.82, 2.24) is 34.7 Å². The van der Waals surface area contributed by atoms with Crippen molar-refractivity contribution in [2.75, 3.05) is 0 Å². The molecule has 0 amide bonds. The molecule has 2 N–H and O–H groups in total. The fraction of sp³-hybridized carbons (Fsp3) is 0.179. The molecule has 0 spiro atoms. The Bertz CT molecular complexity index is 2040. The van der Waals surface area contributed by atoms with E-state index < -0.39 is 0 Å². The maximum atomic E-state index is 13.9. The van der Waals surface area contributed by atoms with Gasteiger partial charge >= 0.3 is 0 Å². The molecule has 2 aliphatic heterocycles. The second-order valence-corrected chi connectivity index (χ2v) is 10.8. The molecule has 0 saturated heterocycles. The SMILES string of the molecule is O=C(C1CCCC1)n1c2cncc(c2)c2cnc3[nH][nH]c(c4nc5cccc(c6ccc1s6)c5n4)-c3c2. The standard InChI is InChI=1S/C28H21N7OS/c36-28(15-4-1-2-5-15)35-18-10-16(12-29-14-18)17-11-20-25(33-34-26(20)30-13-17)27-31-21-7-3-6-19(24(21)32-27)22-8-9-23(35)37-22/h3,6-15,33H,1-2,4-5H2,(H,30,34). The molecule has 0 atom stereocenters. The summed E-state index contributed by atoms with van der Waals surface area (Å²) >= 11 is 1.60. The van der Waals surface area contributed by atoms with E-state index in [2.05, 4.69) is 38.4 Å². The number of imidazole rings is 1. The van der Waals surface area contributed by atoms with Crippen molar-refractivity contribution in [3.63, 3.8) is 0 Å². The van der Waals surface area contributed by atoms with Gasteiger partial charge in [-0.3, -0.25) is 24.5 Å². The number of benzene rings is 1. The molecule has 6 heterocycles. The van der Waals surface area contributed by atoms with Gasteiger partial charge in [0.05, 0.1) is 22.7 Å². The van der Waals surface area contributed by atoms with E-state index >= 15 is 0 Å². The minimum Gasteiger partial charge on any atom is -0.295 e. The lowest BCUT2D eigenvalue weighted by Gasteiger charge is -2.12. The van der Waals surface area contributed by atoms with E-state index in [9.17, 15) is 4.79 Å². The molecule has 0 unspecified atom stereocenters. The number of hydrogen-bond acceptors (Lipinski definition) is 6. The molecule has 1 aromatic carbocycles. The highest BCUT2D eigenvalue weighted by molar-refractivity contribution is 7.24. The molecule has 0 radical (unpaired) electrons. The number of carbonyl (C=O) groups is 1. The monoisotopic (exact) mass is 503 g/mol. The summed E-state index contributed by atoms with van der Waals surface area (Å²) in [6.07, 6.45) is 9.47. The van der Waals surface area contributed by atoms with Crippen LogP contribution >= 0.6 is 11.3 Å². The number of aromatic amines is 2. The van der Waals surface area contributed by atoms with E-state index in [-0.39, 0.29) is 11.8 Å². The smallest absolute Gasteiger partial charge is 0.235 e. The van der Waals surface area contributed by atoms with Crippen LogP contribution in [-0.4, -0.2) is 40.6 Å². The van der Waals surface area contributed by atoms with E-state index in [0.29, 0.717) is 5.65 Å². The van der Waals surface area contributed by atoms with Crippen molar-refractivity contribution in [2.45, 2.75) is 25.7 Å². The summed E-state index contributed by atoms with van der Waals surface area (Å²) in [7, 11) is 0. The van der Waals surface area contributed by atoms with Crippen LogP contribution in [0.2, 0.25) is 0 Å². The van der Waals surface area contributed by atoms with Crippen LogP contribution in [0.4, 0.5) is 0 Å². The Labute approximate surface area is 214 Å². The largest absolute Gasteiger partial charge is 0.295 e. The minimum absolute atomic E-state index is 0.0270. The number of H-pyrrole nitrogens is 2. The summed E-state index contributed by atoms with van der Waals surface area (Å²) in [5.74, 6) is 0.165. The van der Waals surface area contributed by atoms with E-state index in [1.54, 1.807) is 17.5 Å². The molecule has 9 heteroatoms. The van der Waals surface area contributed by atoms with Crippen LogP contribution in [0, 0.1) is 5.92 Å². The van der Waals surface area contributed by atoms with Gasteiger partial charge in [0.1, 0.15) is 10.5 Å². The summed E-state index contributed by atoms with van der Waals surface area (Å²) in [4.78, 5) is 33.8. The first-order valence-corrected chi connectivity index (χ1v) is 13.3. The fourth-order valence-corrected chi connectivity index (χ4v) is 6.65. The fourth-order valence-electron chi connectivity index (χ4n) is 5.59. The normalized spacial score (nSPS) is 14.6. The number of para-hydroxylation sites is 1. The van der Waals surface area contributed by atoms with E-state index in [4.69, 9.17) is 9.97 Å². The van der Waals surface area contributed by atoms with Crippen LogP contribution in [0.25, 0.3) is 64.8 Å². The van der Waals surface area contributed by atoms with Crippen molar-refractivity contribution < 1.29 is 4.79 Å². The first kappa shape index (κ1) is 20.8. The zero-order valence-electron chi connectivity index (χ0n) is 19.7. The molecule has 1 saturated carbocycles. The molecule has 3 aliphatic rings. The summed E-state index contributed by atoms with van der Waals surface area (Å²) in [5, 5.41) is 9.16. The molecule has 37 heavy (non-hydrogen) atoms. The van der Waals surface area contributed by atoms with Gasteiger partial charge in [-0.15, -0.1) is 11.3 Å². The van der Waals surface area contributed by atoms with Gasteiger partial charge < -0.3 is 0 Å². The van der Waals surface area contributed by atoms with Crippen molar-refractivity contribution >= 4 is 70.8 Å². The lowest BCUT2D eigenvalue weighted by atomic mass is 10.1. The third-order valence-corrected chi connectivity index (χ3v) is 8.57. The van der Waals surface area contributed by atoms with Gasteiger partial charge in [0.2, 0.25) is 5.91 Å². The van der Waals surface area contributed by atoms with Crippen LogP contribution in [-0.2, 0) is 0 Å². The summed E-state index contributed by atoms with van der Waals surface area (Å²) in [6, 6.07) is 14.3. The summed E-state index contributed by atoms with van der Waals surface area (Å²) in [6.45, 7) is 0. The van der Waals surface area contributed by atoms with Crippen LogP contribution in [0.15, 0.2) is 61.1 Å². The highest BCUT2D eigenvalue weighted by Crippen LogP contribution is 2.34. The van der Waals surface area contributed by atoms with Crippen molar-refractivity contribution in [3.8, 4) is 11.3 Å². The number of aromatic nitrogens is 7. The van der Waals surface area contributed by atoms with Crippen molar-refractivity contribution in [1.29, 1.82) is 0 Å². The molecule has 5 aromatic rings. The number of nitrogens with zero attached hydrogens (tertiary/aromatic N) is 5. The second-order valence-electron chi connectivity index (χ2n) is 9.69. The predicted molar refractivity (Wildman–Crippen MR) is 147 cm³/mol. The number of pyridine rings is 2. The molecule has 8 nitrogen and oxygen atoms in total. The third-order valence-electron chi connectivity index (χ3n) is 7.46. The Morgan fingerprint density at radius 2 is 1.86 bits per heavy atom. The molecular formula is C28H21N7OS. The Hall–Kier alpha value is -4.37. The number of fused-ring (bicyclic) bond motifs is 9. The van der Waals surface area contributed by atoms with Gasteiger partial charge in [-0.25, -0.2) is 15.0 Å². The Morgan fingerprint density at radius 1 is 0.973 bits per heavy atom. The topological polar surface area (TPSA) is 105 Å². The Kier molecular flexibility index (Phi) is 4.39. The number of rotatable bonds is 1. The van der Waals surface area contributed by atoms with Crippen LogP contribution in [0.5, 0.6) is 0 Å². The molecule has 1 fully saturated rings. The maximum Gasteiger partial charge on any atom is 0.235 e. The van der Waals surface area contributed by atoms with E-state index in [1.165, 1.54) is 0 Å². The average Bonchev–Trinajstić information content (AvgIpc) is 3.73. The highest BCUT2D eigenvalue weighted by Gasteiger charge is 2.25. The van der Waals surface area contributed by atoms with Crippen LogP contribution in [0.3, 0.4) is 0 Å². The number of nitrogens with one attached hydrogen (secondary N) is 2. The van der Waals surface area contributed by atoms with E-state index in [1.807, 2.05) is 41.2 Å². The minimum atomic E-state index is 0.0270. The third kappa shape index (κ3) is 3.17. The second kappa shape index (κ2) is 7.81. The van der Waals surface area contributed by atoms with E-state index in [0.717, 1.165) is 84.8 Å². The van der Waals surface area contributed by atoms with Crippen LogP contribution < -0.4 is 0 Å². The average molecular weight is 504 g/mol. The van der Waals surface area contributed by atoms with Gasteiger partial charge in [0.25, 0.3) is 0 Å². The quantitative estimate of drug-likeness (QED) is 0.262. The molecular weight excluding hydrogens is 482 g/mol. The predicted octanol–water partition coefficient (Wildman–Crippen LogP) is 6.61. The molecule has 8 bridgehead atoms. The van der Waals surface area contributed by atoms with Crippen molar-refractivity contribution in [3.05, 3.63) is 61.1 Å². The maximum absolute atomic E-state index is 13.9. The summed E-state index contributed by atoms with van der Waals surface area (Å²) in [5.41, 5.74) is 5.46. The van der Waals surface area contributed by atoms with Gasteiger partial charge in [-0.1, -0.05) is 25.0 Å². The number of carbonyl (C=O) groups excluding carboxylic acids is 1. The lowest BCUT2D eigenvalue weighted by Crippen LogP contribution is -2.19. The molecule has 8 rings (SSSR count). The van der Waals surface area contributed by atoms with Gasteiger partial charge in [-0.2, -0.15) is 0 Å². The highest BCUT2D eigenvalue weighted by atomic mass is 32.1.